The summed E-state index contributed by atoms with van der Waals surface area (Å²) in [4.78, 5) is 4.56. The van der Waals surface area contributed by atoms with Gasteiger partial charge in [-0.25, -0.2) is 0 Å². The van der Waals surface area contributed by atoms with Crippen molar-refractivity contribution in [1.29, 1.82) is 0 Å². The molecule has 0 bridgehead atoms. The fourth-order valence-corrected chi connectivity index (χ4v) is 2.19. The molecule has 1 aromatic carbocycles. The number of halogens is 1. The number of aromatic nitrogens is 1. The Morgan fingerprint density at radius 2 is 2.00 bits per heavy atom. The molecule has 0 aliphatic carbocycles. The van der Waals surface area contributed by atoms with Crippen LogP contribution in [0.3, 0.4) is 0 Å². The summed E-state index contributed by atoms with van der Waals surface area (Å²) in [7, 11) is 0. The Bertz CT molecular complexity index is 535. The van der Waals surface area contributed by atoms with Crippen molar-refractivity contribution in [3.8, 4) is 0 Å². The molecule has 84 valence electrons. The lowest BCUT2D eigenvalue weighted by molar-refractivity contribution is 1.19. The molecule has 1 heterocycles. The van der Waals surface area contributed by atoms with Gasteiger partial charge in [-0.1, -0.05) is 11.6 Å². The molecule has 0 radical (unpaired) electrons. The molecule has 0 amide bonds. The lowest BCUT2D eigenvalue weighted by Crippen LogP contribution is -2.00. The van der Waals surface area contributed by atoms with Crippen molar-refractivity contribution in [2.24, 2.45) is 0 Å². The summed E-state index contributed by atoms with van der Waals surface area (Å²) in [5.74, 6) is 0. The van der Waals surface area contributed by atoms with Gasteiger partial charge in [-0.05, 0) is 44.5 Å². The average molecular weight is 235 g/mol. The zero-order valence-electron chi connectivity index (χ0n) is 9.76. The highest BCUT2D eigenvalue weighted by Gasteiger charge is 2.06. The van der Waals surface area contributed by atoms with Crippen LogP contribution in [-0.2, 0) is 0 Å². The molecule has 1 N–H and O–H groups in total. The van der Waals surface area contributed by atoms with E-state index in [1.165, 1.54) is 0 Å². The largest absolute Gasteiger partial charge is 0.385 e. The molecule has 0 saturated carbocycles. The molecule has 1 aromatic heterocycles. The standard InChI is InChI=1S/C13H15ClN2/c1-4-15-12-6-9(3)16-13-8(2)5-10(14)7-11(12)13/h5-7H,4H2,1-3H3,(H,15,16). The summed E-state index contributed by atoms with van der Waals surface area (Å²) >= 11 is 6.08. The first-order valence-electron chi connectivity index (χ1n) is 5.43. The van der Waals surface area contributed by atoms with E-state index in [4.69, 9.17) is 11.6 Å². The molecule has 16 heavy (non-hydrogen) atoms. The number of rotatable bonds is 2. The summed E-state index contributed by atoms with van der Waals surface area (Å²) in [6, 6.07) is 5.97. The Labute approximate surface area is 101 Å². The molecule has 3 heteroatoms. The molecule has 0 unspecified atom stereocenters. The van der Waals surface area contributed by atoms with Crippen molar-refractivity contribution in [2.75, 3.05) is 11.9 Å². The van der Waals surface area contributed by atoms with Crippen molar-refractivity contribution in [3.63, 3.8) is 0 Å². The predicted molar refractivity (Wildman–Crippen MR) is 70.4 cm³/mol. The van der Waals surface area contributed by atoms with Crippen LogP contribution in [0.25, 0.3) is 10.9 Å². The van der Waals surface area contributed by atoms with Crippen molar-refractivity contribution in [3.05, 3.63) is 34.5 Å². The summed E-state index contributed by atoms with van der Waals surface area (Å²) in [5.41, 5.74) is 4.27. The zero-order chi connectivity index (χ0) is 11.7. The topological polar surface area (TPSA) is 24.9 Å². The molecule has 2 rings (SSSR count). The van der Waals surface area contributed by atoms with E-state index in [1.54, 1.807) is 0 Å². The molecule has 0 spiro atoms. The van der Waals surface area contributed by atoms with Crippen LogP contribution in [0.5, 0.6) is 0 Å². The van der Waals surface area contributed by atoms with E-state index in [9.17, 15) is 0 Å². The molecule has 2 nitrogen and oxygen atoms in total. The van der Waals surface area contributed by atoms with Crippen molar-refractivity contribution in [2.45, 2.75) is 20.8 Å². The minimum Gasteiger partial charge on any atom is -0.385 e. The Balaban J connectivity index is 2.78. The van der Waals surface area contributed by atoms with Gasteiger partial charge in [-0.2, -0.15) is 0 Å². The summed E-state index contributed by atoms with van der Waals surface area (Å²) < 4.78 is 0. The molecule has 0 aliphatic heterocycles. The van der Waals surface area contributed by atoms with E-state index in [-0.39, 0.29) is 0 Å². The second-order valence-corrected chi connectivity index (χ2v) is 4.40. The van der Waals surface area contributed by atoms with Gasteiger partial charge < -0.3 is 5.32 Å². The highest BCUT2D eigenvalue weighted by Crippen LogP contribution is 2.28. The number of pyridine rings is 1. The van der Waals surface area contributed by atoms with Crippen LogP contribution in [-0.4, -0.2) is 11.5 Å². The number of benzene rings is 1. The number of fused-ring (bicyclic) bond motifs is 1. The first-order valence-corrected chi connectivity index (χ1v) is 5.81. The van der Waals surface area contributed by atoms with Crippen LogP contribution < -0.4 is 5.32 Å². The van der Waals surface area contributed by atoms with E-state index in [1.807, 2.05) is 26.0 Å². The minimum atomic E-state index is 0.759. The van der Waals surface area contributed by atoms with E-state index < -0.39 is 0 Å². The van der Waals surface area contributed by atoms with Crippen LogP contribution in [0.4, 0.5) is 5.69 Å². The van der Waals surface area contributed by atoms with Crippen LogP contribution in [0, 0.1) is 13.8 Å². The normalized spacial score (nSPS) is 10.8. The molecular formula is C13H15ClN2. The second-order valence-electron chi connectivity index (χ2n) is 3.96. The highest BCUT2D eigenvalue weighted by molar-refractivity contribution is 6.31. The van der Waals surface area contributed by atoms with Gasteiger partial charge in [0.2, 0.25) is 0 Å². The van der Waals surface area contributed by atoms with E-state index in [0.29, 0.717) is 0 Å². The van der Waals surface area contributed by atoms with Crippen LogP contribution in [0.15, 0.2) is 18.2 Å². The first-order chi connectivity index (χ1) is 7.61. The Kier molecular flexibility index (Phi) is 3.01. The summed E-state index contributed by atoms with van der Waals surface area (Å²) in [6.07, 6.45) is 0. The van der Waals surface area contributed by atoms with Gasteiger partial charge in [0.1, 0.15) is 0 Å². The third kappa shape index (κ3) is 1.98. The minimum absolute atomic E-state index is 0.759. The third-order valence-electron chi connectivity index (χ3n) is 2.56. The quantitative estimate of drug-likeness (QED) is 0.852. The van der Waals surface area contributed by atoms with Crippen LogP contribution >= 0.6 is 11.6 Å². The van der Waals surface area contributed by atoms with Gasteiger partial charge in [0.15, 0.2) is 0 Å². The average Bonchev–Trinajstić information content (AvgIpc) is 2.20. The van der Waals surface area contributed by atoms with Crippen molar-refractivity contribution >= 4 is 28.2 Å². The van der Waals surface area contributed by atoms with Crippen molar-refractivity contribution < 1.29 is 0 Å². The molecule has 0 fully saturated rings. The lowest BCUT2D eigenvalue weighted by Gasteiger charge is -2.11. The number of hydrogen-bond donors (Lipinski definition) is 1. The number of nitrogens with zero attached hydrogens (tertiary/aromatic N) is 1. The van der Waals surface area contributed by atoms with Gasteiger partial charge in [0.25, 0.3) is 0 Å². The predicted octanol–water partition coefficient (Wildman–Crippen LogP) is 3.94. The van der Waals surface area contributed by atoms with Gasteiger partial charge in [0.05, 0.1) is 5.52 Å². The smallest absolute Gasteiger partial charge is 0.0756 e. The molecule has 0 saturated heterocycles. The Morgan fingerprint density at radius 1 is 1.25 bits per heavy atom. The maximum Gasteiger partial charge on any atom is 0.0756 e. The number of hydrogen-bond acceptors (Lipinski definition) is 2. The fraction of sp³-hybridized carbons (Fsp3) is 0.308. The van der Waals surface area contributed by atoms with Crippen molar-refractivity contribution in [1.82, 2.24) is 4.98 Å². The third-order valence-corrected chi connectivity index (χ3v) is 2.78. The van der Waals surface area contributed by atoms with Gasteiger partial charge in [0, 0.05) is 28.3 Å². The highest BCUT2D eigenvalue weighted by atomic mass is 35.5. The summed E-state index contributed by atoms with van der Waals surface area (Å²) in [6.45, 7) is 7.02. The van der Waals surface area contributed by atoms with Gasteiger partial charge >= 0.3 is 0 Å². The maximum atomic E-state index is 6.08. The molecule has 0 atom stereocenters. The Morgan fingerprint density at radius 3 is 2.69 bits per heavy atom. The molecule has 0 aliphatic rings. The van der Waals surface area contributed by atoms with Gasteiger partial charge in [-0.3, -0.25) is 4.98 Å². The van der Waals surface area contributed by atoms with E-state index in [2.05, 4.69) is 23.3 Å². The molecule has 2 aromatic rings. The van der Waals surface area contributed by atoms with E-state index >= 15 is 0 Å². The zero-order valence-corrected chi connectivity index (χ0v) is 10.5. The maximum absolute atomic E-state index is 6.08. The van der Waals surface area contributed by atoms with Gasteiger partial charge in [-0.15, -0.1) is 0 Å². The van der Waals surface area contributed by atoms with Crippen LogP contribution in [0.2, 0.25) is 5.02 Å². The van der Waals surface area contributed by atoms with Crippen LogP contribution in [0.1, 0.15) is 18.2 Å². The number of nitrogens with one attached hydrogen (secondary N) is 1. The monoisotopic (exact) mass is 234 g/mol. The van der Waals surface area contributed by atoms with E-state index in [0.717, 1.165) is 39.4 Å². The number of aryl methyl sites for hydroxylation is 2. The number of anilines is 1. The fourth-order valence-electron chi connectivity index (χ4n) is 1.92. The Hall–Kier alpha value is -1.28. The summed E-state index contributed by atoms with van der Waals surface area (Å²) in [5, 5.41) is 5.20. The first kappa shape index (κ1) is 11.2. The second kappa shape index (κ2) is 4.30. The SMILES string of the molecule is CCNc1cc(C)nc2c(C)cc(Cl)cc12. The lowest BCUT2D eigenvalue weighted by atomic mass is 10.1. The molecular weight excluding hydrogens is 220 g/mol.